The van der Waals surface area contributed by atoms with Crippen LogP contribution in [0.1, 0.15) is 12.5 Å². The van der Waals surface area contributed by atoms with E-state index in [9.17, 15) is 13.7 Å². The van der Waals surface area contributed by atoms with Gasteiger partial charge in [-0.2, -0.15) is 0 Å². The number of phenols is 1. The van der Waals surface area contributed by atoms with Crippen molar-refractivity contribution in [2.75, 3.05) is 12.8 Å². The van der Waals surface area contributed by atoms with E-state index in [1.165, 1.54) is 12.1 Å². The summed E-state index contributed by atoms with van der Waals surface area (Å²) in [5.74, 6) is -0.534. The summed E-state index contributed by atoms with van der Waals surface area (Å²) in [5, 5.41) is 12.3. The first-order valence-corrected chi connectivity index (χ1v) is 6.62. The van der Waals surface area contributed by atoms with E-state index >= 15 is 0 Å². The molecule has 0 heterocycles. The first-order valence-electron chi connectivity index (χ1n) is 5.00. The maximum Gasteiger partial charge on any atom is 0.127 e. The molecule has 2 N–H and O–H groups in total. The molecule has 0 aliphatic rings. The monoisotopic (exact) mass is 245 g/mol. The summed E-state index contributed by atoms with van der Waals surface area (Å²) in [7, 11) is -0.863. The second kappa shape index (κ2) is 5.96. The van der Waals surface area contributed by atoms with Gasteiger partial charge in [-0.3, -0.25) is 4.21 Å². The predicted molar refractivity (Wildman–Crippen MR) is 63.3 cm³/mol. The minimum absolute atomic E-state index is 0.0576. The van der Waals surface area contributed by atoms with Crippen molar-refractivity contribution in [3.05, 3.63) is 29.6 Å². The molecule has 90 valence electrons. The highest BCUT2D eigenvalue weighted by Crippen LogP contribution is 2.14. The van der Waals surface area contributed by atoms with Crippen molar-refractivity contribution in [3.63, 3.8) is 0 Å². The van der Waals surface area contributed by atoms with Crippen LogP contribution in [0.2, 0.25) is 0 Å². The minimum atomic E-state index is -0.863. The van der Waals surface area contributed by atoms with Crippen LogP contribution in [0.15, 0.2) is 18.2 Å². The molecule has 1 aromatic carbocycles. The molecule has 0 aromatic heterocycles. The van der Waals surface area contributed by atoms with Gasteiger partial charge in [0.15, 0.2) is 0 Å². The standard InChI is InChI=1S/C11H16FNO2S/c1-8(16(2)15)6-13-7-9-3-10(12)5-11(14)4-9/h3-5,8,13-14H,6-7H2,1-2H3. The van der Waals surface area contributed by atoms with Gasteiger partial charge in [0.2, 0.25) is 0 Å². The number of aromatic hydroxyl groups is 1. The maximum absolute atomic E-state index is 12.9. The number of benzene rings is 1. The van der Waals surface area contributed by atoms with Gasteiger partial charge in [-0.15, -0.1) is 0 Å². The average Bonchev–Trinajstić information content (AvgIpc) is 2.15. The lowest BCUT2D eigenvalue weighted by molar-refractivity contribution is 0.467. The van der Waals surface area contributed by atoms with Crippen molar-refractivity contribution in [1.29, 1.82) is 0 Å². The first-order chi connectivity index (χ1) is 7.49. The van der Waals surface area contributed by atoms with Crippen LogP contribution in [0.4, 0.5) is 4.39 Å². The molecule has 0 amide bonds. The van der Waals surface area contributed by atoms with E-state index in [0.717, 1.165) is 6.07 Å². The molecule has 3 nitrogen and oxygen atoms in total. The van der Waals surface area contributed by atoms with Gasteiger partial charge in [-0.1, -0.05) is 0 Å². The third kappa shape index (κ3) is 4.28. The van der Waals surface area contributed by atoms with E-state index in [0.29, 0.717) is 18.7 Å². The number of nitrogens with one attached hydrogen (secondary N) is 1. The maximum atomic E-state index is 12.9. The topological polar surface area (TPSA) is 49.3 Å². The Kier molecular flexibility index (Phi) is 4.89. The summed E-state index contributed by atoms with van der Waals surface area (Å²) in [6.45, 7) is 2.93. The third-order valence-corrected chi connectivity index (χ3v) is 3.57. The lowest BCUT2D eigenvalue weighted by Gasteiger charge is -2.10. The Morgan fingerprint density at radius 1 is 1.50 bits per heavy atom. The number of phenolic OH excluding ortho intramolecular Hbond substituents is 1. The number of hydrogen-bond acceptors (Lipinski definition) is 3. The molecular weight excluding hydrogens is 229 g/mol. The highest BCUT2D eigenvalue weighted by atomic mass is 32.2. The molecule has 0 radical (unpaired) electrons. The van der Waals surface area contributed by atoms with E-state index in [4.69, 9.17) is 0 Å². The van der Waals surface area contributed by atoms with Gasteiger partial charge in [-0.25, -0.2) is 4.39 Å². The van der Waals surface area contributed by atoms with Crippen molar-refractivity contribution in [3.8, 4) is 5.75 Å². The summed E-state index contributed by atoms with van der Waals surface area (Å²) >= 11 is 0. The highest BCUT2D eigenvalue weighted by molar-refractivity contribution is 7.84. The van der Waals surface area contributed by atoms with Crippen LogP contribution >= 0.6 is 0 Å². The zero-order valence-corrected chi connectivity index (χ0v) is 10.2. The summed E-state index contributed by atoms with van der Waals surface area (Å²) < 4.78 is 24.0. The Morgan fingerprint density at radius 3 is 2.75 bits per heavy atom. The van der Waals surface area contributed by atoms with E-state index in [1.54, 1.807) is 6.26 Å². The molecule has 1 rings (SSSR count). The molecule has 16 heavy (non-hydrogen) atoms. The van der Waals surface area contributed by atoms with E-state index in [1.807, 2.05) is 6.92 Å². The van der Waals surface area contributed by atoms with Crippen LogP contribution < -0.4 is 5.32 Å². The molecular formula is C11H16FNO2S. The Bertz CT molecular complexity index is 364. The minimum Gasteiger partial charge on any atom is -0.508 e. The summed E-state index contributed by atoms with van der Waals surface area (Å²) in [6, 6.07) is 3.93. The van der Waals surface area contributed by atoms with Gasteiger partial charge in [0.25, 0.3) is 0 Å². The smallest absolute Gasteiger partial charge is 0.127 e. The van der Waals surface area contributed by atoms with Gasteiger partial charge in [0.1, 0.15) is 11.6 Å². The second-order valence-corrected chi connectivity index (χ2v) is 5.56. The van der Waals surface area contributed by atoms with Crippen LogP contribution in [-0.2, 0) is 17.3 Å². The third-order valence-electron chi connectivity index (χ3n) is 2.27. The van der Waals surface area contributed by atoms with Gasteiger partial charge in [-0.05, 0) is 24.6 Å². The fraction of sp³-hybridized carbons (Fsp3) is 0.455. The lowest BCUT2D eigenvalue weighted by atomic mass is 10.2. The Balaban J connectivity index is 2.46. The summed E-state index contributed by atoms with van der Waals surface area (Å²) in [6.07, 6.45) is 1.65. The number of rotatable bonds is 5. The van der Waals surface area contributed by atoms with Crippen LogP contribution in [-0.4, -0.2) is 27.4 Å². The van der Waals surface area contributed by atoms with E-state index in [-0.39, 0.29) is 11.0 Å². The van der Waals surface area contributed by atoms with Gasteiger partial charge in [0, 0.05) is 41.5 Å². The molecule has 0 aliphatic carbocycles. The number of halogens is 1. The SMILES string of the molecule is CC(CNCc1cc(O)cc(F)c1)S(C)=O. The fourth-order valence-corrected chi connectivity index (χ4v) is 1.63. The van der Waals surface area contributed by atoms with Crippen molar-refractivity contribution < 1.29 is 13.7 Å². The second-order valence-electron chi connectivity index (χ2n) is 3.76. The van der Waals surface area contributed by atoms with Crippen molar-refractivity contribution >= 4 is 10.8 Å². The van der Waals surface area contributed by atoms with Gasteiger partial charge >= 0.3 is 0 Å². The average molecular weight is 245 g/mol. The summed E-state index contributed by atoms with van der Waals surface area (Å²) in [4.78, 5) is 0. The molecule has 0 saturated heterocycles. The normalized spacial score (nSPS) is 14.7. The van der Waals surface area contributed by atoms with Crippen LogP contribution in [0.25, 0.3) is 0 Å². The van der Waals surface area contributed by atoms with E-state index < -0.39 is 16.6 Å². The van der Waals surface area contributed by atoms with Gasteiger partial charge in [0.05, 0.1) is 0 Å². The quantitative estimate of drug-likeness (QED) is 0.824. The Labute approximate surface area is 97.1 Å². The van der Waals surface area contributed by atoms with Crippen LogP contribution in [0.5, 0.6) is 5.75 Å². The number of hydrogen-bond donors (Lipinski definition) is 2. The Morgan fingerprint density at radius 2 is 2.19 bits per heavy atom. The van der Waals surface area contributed by atoms with E-state index in [2.05, 4.69) is 5.32 Å². The fourth-order valence-electron chi connectivity index (χ4n) is 1.27. The highest BCUT2D eigenvalue weighted by Gasteiger charge is 2.05. The summed E-state index contributed by atoms with van der Waals surface area (Å²) in [5.41, 5.74) is 0.673. The molecule has 0 saturated carbocycles. The molecule has 0 aliphatic heterocycles. The molecule has 5 heteroatoms. The Hall–Kier alpha value is -0.940. The predicted octanol–water partition coefficient (Wildman–Crippen LogP) is 1.39. The van der Waals surface area contributed by atoms with Crippen molar-refractivity contribution in [2.24, 2.45) is 0 Å². The molecule has 2 atom stereocenters. The zero-order chi connectivity index (χ0) is 12.1. The van der Waals surface area contributed by atoms with Crippen molar-refractivity contribution in [2.45, 2.75) is 18.7 Å². The van der Waals surface area contributed by atoms with Crippen molar-refractivity contribution in [1.82, 2.24) is 5.32 Å². The lowest BCUT2D eigenvalue weighted by Crippen LogP contribution is -2.27. The molecule has 0 bridgehead atoms. The zero-order valence-electron chi connectivity index (χ0n) is 9.37. The largest absolute Gasteiger partial charge is 0.508 e. The van der Waals surface area contributed by atoms with Crippen LogP contribution in [0.3, 0.4) is 0 Å². The van der Waals surface area contributed by atoms with Crippen LogP contribution in [0, 0.1) is 5.82 Å². The molecule has 0 spiro atoms. The molecule has 2 unspecified atom stereocenters. The van der Waals surface area contributed by atoms with Gasteiger partial charge < -0.3 is 10.4 Å². The first kappa shape index (κ1) is 13.1. The molecule has 0 fully saturated rings. The molecule has 1 aromatic rings.